The lowest BCUT2D eigenvalue weighted by Gasteiger charge is -2.30. The molecular formula is C28H32N6O6. The van der Waals surface area contributed by atoms with E-state index in [0.717, 1.165) is 36.8 Å². The summed E-state index contributed by atoms with van der Waals surface area (Å²) in [4.78, 5) is 22.5. The smallest absolute Gasteiger partial charge is 0.353 e. The Labute approximate surface area is 232 Å². The minimum Gasteiger partial charge on any atom is -0.497 e. The summed E-state index contributed by atoms with van der Waals surface area (Å²) in [5, 5.41) is 25.3. The molecule has 1 saturated carbocycles. The quantitative estimate of drug-likeness (QED) is 0.245. The average Bonchev–Trinajstić information content (AvgIpc) is 3.52. The fraction of sp³-hybridized carbons (Fsp3) is 0.393. The lowest BCUT2D eigenvalue weighted by Crippen LogP contribution is -2.34. The lowest BCUT2D eigenvalue weighted by molar-refractivity contribution is -0.383. The fourth-order valence-corrected chi connectivity index (χ4v) is 4.92. The first-order valence-electron chi connectivity index (χ1n) is 12.8. The molecule has 0 amide bonds. The monoisotopic (exact) mass is 548 g/mol. The molecule has 40 heavy (non-hydrogen) atoms. The second-order valence-electron chi connectivity index (χ2n) is 9.21. The lowest BCUT2D eigenvalue weighted by atomic mass is 10.1. The van der Waals surface area contributed by atoms with Crippen LogP contribution in [-0.4, -0.2) is 49.4 Å². The molecule has 12 heteroatoms. The maximum absolute atomic E-state index is 12.5. The van der Waals surface area contributed by atoms with Gasteiger partial charge in [-0.1, -0.05) is 12.8 Å². The molecule has 1 aliphatic rings. The standard InChI is InChI=1S/C28H32N6O6/c1-37-21-11-9-18(23(13-21)39-3)16-30-27-26(34(35)36)28(32-25(15-29)31-27)33(20-7-5-6-8-20)17-19-10-12-22(38-2)14-24(19)40-4/h9-14,20H,5-8,16-17H2,1-4H3,(H,30,31,32). The molecule has 1 aromatic heterocycles. The molecule has 12 nitrogen and oxygen atoms in total. The van der Waals surface area contributed by atoms with Crippen molar-refractivity contribution >= 4 is 17.3 Å². The van der Waals surface area contributed by atoms with Gasteiger partial charge in [0.05, 0.1) is 33.4 Å². The minimum absolute atomic E-state index is 0.0125. The van der Waals surface area contributed by atoms with Crippen molar-refractivity contribution in [3.05, 3.63) is 63.5 Å². The van der Waals surface area contributed by atoms with Gasteiger partial charge < -0.3 is 29.2 Å². The van der Waals surface area contributed by atoms with Gasteiger partial charge in [0.15, 0.2) is 0 Å². The van der Waals surface area contributed by atoms with Gasteiger partial charge in [0, 0.05) is 42.4 Å². The Morgan fingerprint density at radius 3 is 2.12 bits per heavy atom. The number of methoxy groups -OCH3 is 4. The number of ether oxygens (including phenoxy) is 4. The van der Waals surface area contributed by atoms with Gasteiger partial charge in [0.1, 0.15) is 29.1 Å². The Morgan fingerprint density at radius 2 is 1.57 bits per heavy atom. The molecule has 0 aliphatic heterocycles. The molecule has 0 radical (unpaired) electrons. The summed E-state index contributed by atoms with van der Waals surface area (Å²) in [6.45, 7) is 0.442. The van der Waals surface area contributed by atoms with Crippen LogP contribution in [0.15, 0.2) is 36.4 Å². The first-order chi connectivity index (χ1) is 19.4. The fourth-order valence-electron chi connectivity index (χ4n) is 4.92. The van der Waals surface area contributed by atoms with Gasteiger partial charge in [-0.3, -0.25) is 10.1 Å². The maximum atomic E-state index is 12.5. The molecule has 1 N–H and O–H groups in total. The van der Waals surface area contributed by atoms with Gasteiger partial charge in [0.25, 0.3) is 0 Å². The average molecular weight is 549 g/mol. The Morgan fingerprint density at radius 1 is 0.975 bits per heavy atom. The predicted octanol–water partition coefficient (Wildman–Crippen LogP) is 4.85. The summed E-state index contributed by atoms with van der Waals surface area (Å²) in [5.41, 5.74) is 1.23. The van der Waals surface area contributed by atoms with Crippen molar-refractivity contribution in [3.8, 4) is 29.1 Å². The van der Waals surface area contributed by atoms with E-state index in [-0.39, 0.29) is 42.3 Å². The van der Waals surface area contributed by atoms with Crippen LogP contribution < -0.4 is 29.2 Å². The molecule has 0 saturated heterocycles. The van der Waals surface area contributed by atoms with E-state index in [1.165, 1.54) is 7.11 Å². The summed E-state index contributed by atoms with van der Waals surface area (Å²) in [5.74, 6) is 2.25. The number of nitrogens with zero attached hydrogens (tertiary/aromatic N) is 5. The molecular weight excluding hydrogens is 516 g/mol. The van der Waals surface area contributed by atoms with E-state index in [9.17, 15) is 15.4 Å². The van der Waals surface area contributed by atoms with E-state index >= 15 is 0 Å². The summed E-state index contributed by atoms with van der Waals surface area (Å²) < 4.78 is 21.6. The topological polar surface area (TPSA) is 145 Å². The third-order valence-electron chi connectivity index (χ3n) is 6.96. The van der Waals surface area contributed by atoms with Crippen LogP contribution in [0.3, 0.4) is 0 Å². The van der Waals surface area contributed by atoms with Gasteiger partial charge in [-0.15, -0.1) is 0 Å². The van der Waals surface area contributed by atoms with Gasteiger partial charge in [-0.2, -0.15) is 15.2 Å². The highest BCUT2D eigenvalue weighted by molar-refractivity contribution is 5.72. The maximum Gasteiger partial charge on any atom is 0.353 e. The predicted molar refractivity (Wildman–Crippen MR) is 148 cm³/mol. The van der Waals surface area contributed by atoms with Crippen molar-refractivity contribution in [1.29, 1.82) is 5.26 Å². The second-order valence-corrected chi connectivity index (χ2v) is 9.21. The highest BCUT2D eigenvalue weighted by Gasteiger charge is 2.34. The summed E-state index contributed by atoms with van der Waals surface area (Å²) in [7, 11) is 6.22. The van der Waals surface area contributed by atoms with Gasteiger partial charge in [-0.05, 0) is 37.1 Å². The van der Waals surface area contributed by atoms with Crippen molar-refractivity contribution < 1.29 is 23.9 Å². The zero-order valence-corrected chi connectivity index (χ0v) is 23.0. The first-order valence-corrected chi connectivity index (χ1v) is 12.8. The van der Waals surface area contributed by atoms with Crippen LogP contribution in [0.2, 0.25) is 0 Å². The van der Waals surface area contributed by atoms with Crippen molar-refractivity contribution in [3.63, 3.8) is 0 Å². The summed E-state index contributed by atoms with van der Waals surface area (Å²) in [6, 6.07) is 12.7. The zero-order valence-electron chi connectivity index (χ0n) is 23.0. The molecule has 210 valence electrons. The van der Waals surface area contributed by atoms with Gasteiger partial charge >= 0.3 is 5.69 Å². The number of aromatic nitrogens is 2. The normalized spacial score (nSPS) is 12.9. The van der Waals surface area contributed by atoms with Crippen molar-refractivity contribution in [2.45, 2.75) is 44.8 Å². The van der Waals surface area contributed by atoms with Crippen LogP contribution in [0.25, 0.3) is 0 Å². The molecule has 4 rings (SSSR count). The number of nitriles is 1. The number of nitrogens with one attached hydrogen (secondary N) is 1. The van der Waals surface area contributed by atoms with E-state index in [4.69, 9.17) is 18.9 Å². The number of nitro groups is 1. The van der Waals surface area contributed by atoms with Crippen LogP contribution in [0.5, 0.6) is 23.0 Å². The number of benzene rings is 2. The summed E-state index contributed by atoms with van der Waals surface area (Å²) in [6.07, 6.45) is 3.67. The summed E-state index contributed by atoms with van der Waals surface area (Å²) >= 11 is 0. The van der Waals surface area contributed by atoms with Crippen molar-refractivity contribution in [1.82, 2.24) is 9.97 Å². The molecule has 1 heterocycles. The number of hydrogen-bond donors (Lipinski definition) is 1. The van der Waals surface area contributed by atoms with Crippen LogP contribution in [0.4, 0.5) is 17.3 Å². The van der Waals surface area contributed by atoms with E-state index in [1.54, 1.807) is 45.6 Å². The second kappa shape index (κ2) is 12.8. The highest BCUT2D eigenvalue weighted by Crippen LogP contribution is 2.39. The van der Waals surface area contributed by atoms with E-state index < -0.39 is 4.92 Å². The molecule has 0 spiro atoms. The number of hydrogen-bond acceptors (Lipinski definition) is 11. The third kappa shape index (κ3) is 6.09. The Balaban J connectivity index is 1.78. The van der Waals surface area contributed by atoms with E-state index in [1.807, 2.05) is 23.1 Å². The SMILES string of the molecule is COc1ccc(CNc2nc(C#N)nc(N(Cc3ccc(OC)cc3OC)C3CCCC3)c2[N+](=O)[O-])c(OC)c1. The molecule has 3 aromatic rings. The molecule has 1 aliphatic carbocycles. The zero-order chi connectivity index (χ0) is 28.6. The minimum atomic E-state index is -0.503. The number of rotatable bonds is 12. The molecule has 1 fully saturated rings. The van der Waals surface area contributed by atoms with Crippen LogP contribution in [-0.2, 0) is 13.1 Å². The van der Waals surface area contributed by atoms with E-state index in [0.29, 0.717) is 23.0 Å². The Kier molecular flexibility index (Phi) is 9.06. The first kappa shape index (κ1) is 28.2. The molecule has 0 atom stereocenters. The molecule has 2 aromatic carbocycles. The van der Waals surface area contributed by atoms with E-state index in [2.05, 4.69) is 15.3 Å². The van der Waals surface area contributed by atoms with Gasteiger partial charge in [-0.25, -0.2) is 0 Å². The van der Waals surface area contributed by atoms with Crippen molar-refractivity contribution in [2.24, 2.45) is 0 Å². The van der Waals surface area contributed by atoms with Crippen LogP contribution in [0.1, 0.15) is 42.6 Å². The molecule has 0 bridgehead atoms. The van der Waals surface area contributed by atoms with Crippen LogP contribution in [0, 0.1) is 21.4 Å². The van der Waals surface area contributed by atoms with Gasteiger partial charge in [0.2, 0.25) is 17.5 Å². The number of anilines is 2. The van der Waals surface area contributed by atoms with Crippen LogP contribution >= 0.6 is 0 Å². The van der Waals surface area contributed by atoms with Crippen molar-refractivity contribution in [2.75, 3.05) is 38.7 Å². The largest absolute Gasteiger partial charge is 0.497 e. The third-order valence-corrected chi connectivity index (χ3v) is 6.96. The Bertz CT molecular complexity index is 1400. The highest BCUT2D eigenvalue weighted by atomic mass is 16.6. The molecule has 0 unspecified atom stereocenters. The Hall–Kier alpha value is -4.79.